The molecular weight excluding hydrogens is 474 g/mol. The molecule has 2 heterocycles. The number of hydrogen-bond acceptors (Lipinski definition) is 7. The number of likely N-dealkylation sites (tertiary alicyclic amines) is 1. The van der Waals surface area contributed by atoms with Crippen molar-refractivity contribution >= 4 is 23.4 Å². The smallest absolute Gasteiger partial charge is 0.246 e. The molecule has 37 heavy (non-hydrogen) atoms. The molecule has 0 aromatic heterocycles. The Balaban J connectivity index is 1.20. The number of carbonyl (C=O) groups is 3. The van der Waals surface area contributed by atoms with Gasteiger partial charge >= 0.3 is 0 Å². The van der Waals surface area contributed by atoms with Crippen molar-refractivity contribution in [2.75, 3.05) is 44.2 Å². The summed E-state index contributed by atoms with van der Waals surface area (Å²) in [5.41, 5.74) is 6.15. The van der Waals surface area contributed by atoms with Gasteiger partial charge in [-0.15, -0.1) is 0 Å². The third-order valence-corrected chi connectivity index (χ3v) is 7.41. The maximum absolute atomic E-state index is 13.2. The molecule has 1 aliphatic carbocycles. The number of primary amides is 1. The van der Waals surface area contributed by atoms with Gasteiger partial charge in [0.25, 0.3) is 0 Å². The highest BCUT2D eigenvalue weighted by Crippen LogP contribution is 2.30. The second kappa shape index (κ2) is 11.7. The molecule has 0 bridgehead atoms. The first-order valence-corrected chi connectivity index (χ1v) is 13.3. The zero-order valence-corrected chi connectivity index (χ0v) is 22.2. The van der Waals surface area contributed by atoms with E-state index < -0.39 is 23.4 Å². The van der Waals surface area contributed by atoms with Gasteiger partial charge in [-0.1, -0.05) is 20.8 Å². The summed E-state index contributed by atoms with van der Waals surface area (Å²) in [5, 5.41) is 6.19. The summed E-state index contributed by atoms with van der Waals surface area (Å²) < 4.78 is 11.8. The molecule has 3 amide bonds. The predicted octanol–water partition coefficient (Wildman–Crippen LogP) is 1.03. The van der Waals surface area contributed by atoms with Gasteiger partial charge in [0, 0.05) is 51.3 Å². The Morgan fingerprint density at radius 2 is 1.76 bits per heavy atom. The van der Waals surface area contributed by atoms with Gasteiger partial charge in [-0.25, -0.2) is 0 Å². The SMILES string of the molecule is CC(C)(C)[C@H](NC(=O)COC1CC(Oc2ccc(N3CCNCC3)cc2)C1)C(=O)N1CCC[C@H]1C(N)=O. The van der Waals surface area contributed by atoms with E-state index in [9.17, 15) is 14.4 Å². The maximum atomic E-state index is 13.2. The molecule has 0 spiro atoms. The number of carbonyl (C=O) groups excluding carboxylic acids is 3. The molecule has 10 nitrogen and oxygen atoms in total. The van der Waals surface area contributed by atoms with Crippen molar-refractivity contribution < 1.29 is 23.9 Å². The van der Waals surface area contributed by atoms with Gasteiger partial charge in [-0.3, -0.25) is 14.4 Å². The summed E-state index contributed by atoms with van der Waals surface area (Å²) in [5.74, 6) is -0.300. The van der Waals surface area contributed by atoms with Crippen molar-refractivity contribution in [1.29, 1.82) is 0 Å². The van der Waals surface area contributed by atoms with Crippen molar-refractivity contribution in [3.8, 4) is 5.75 Å². The Morgan fingerprint density at radius 1 is 1.08 bits per heavy atom. The van der Waals surface area contributed by atoms with Crippen LogP contribution in [0.15, 0.2) is 24.3 Å². The van der Waals surface area contributed by atoms with Crippen LogP contribution in [0.5, 0.6) is 5.75 Å². The summed E-state index contributed by atoms with van der Waals surface area (Å²) in [6.45, 7) is 10.0. The fourth-order valence-electron chi connectivity index (χ4n) is 5.14. The van der Waals surface area contributed by atoms with E-state index in [4.69, 9.17) is 15.2 Å². The van der Waals surface area contributed by atoms with Gasteiger partial charge in [0.1, 0.15) is 30.5 Å². The highest BCUT2D eigenvalue weighted by Gasteiger charge is 2.41. The van der Waals surface area contributed by atoms with E-state index in [0.29, 0.717) is 25.8 Å². The standard InChI is InChI=1S/C27H41N5O5/c1-27(2,3)24(26(35)32-12-4-5-22(32)25(28)34)30-23(33)17-36-20-15-21(16-20)37-19-8-6-18(7-9-19)31-13-10-29-11-14-31/h6-9,20-22,24,29H,4-5,10-17H2,1-3H3,(H2,28,34)(H,30,33)/t20?,21?,22-,24+/m0/s1. The molecule has 3 aliphatic rings. The maximum Gasteiger partial charge on any atom is 0.246 e. The third-order valence-electron chi connectivity index (χ3n) is 7.41. The van der Waals surface area contributed by atoms with Gasteiger partial charge in [0.05, 0.1) is 6.10 Å². The molecule has 1 aromatic rings. The number of piperazine rings is 1. The average Bonchev–Trinajstić information content (AvgIpc) is 3.34. The van der Waals surface area contributed by atoms with Crippen molar-refractivity contribution in [1.82, 2.24) is 15.5 Å². The summed E-state index contributed by atoms with van der Waals surface area (Å²) >= 11 is 0. The van der Waals surface area contributed by atoms with E-state index in [1.807, 2.05) is 32.9 Å². The highest BCUT2D eigenvalue weighted by atomic mass is 16.5. The minimum atomic E-state index is -0.773. The summed E-state index contributed by atoms with van der Waals surface area (Å²) in [6, 6.07) is 6.81. The summed E-state index contributed by atoms with van der Waals surface area (Å²) in [7, 11) is 0. The fourth-order valence-corrected chi connectivity index (χ4v) is 5.14. The van der Waals surface area contributed by atoms with Gasteiger partial charge in [0.15, 0.2) is 0 Å². The monoisotopic (exact) mass is 515 g/mol. The number of ether oxygens (including phenoxy) is 2. The zero-order chi connectivity index (χ0) is 26.6. The number of nitrogens with zero attached hydrogens (tertiary/aromatic N) is 2. The number of benzene rings is 1. The molecule has 0 radical (unpaired) electrons. The molecule has 4 N–H and O–H groups in total. The number of anilines is 1. The molecule has 0 unspecified atom stereocenters. The van der Waals surface area contributed by atoms with Crippen LogP contribution in [0.25, 0.3) is 0 Å². The lowest BCUT2D eigenvalue weighted by atomic mass is 9.85. The molecule has 3 fully saturated rings. The van der Waals surface area contributed by atoms with Crippen LogP contribution in [0.1, 0.15) is 46.5 Å². The lowest BCUT2D eigenvalue weighted by molar-refractivity contribution is -0.145. The van der Waals surface area contributed by atoms with Crippen molar-refractivity contribution in [2.45, 2.75) is 70.7 Å². The van der Waals surface area contributed by atoms with Crippen molar-refractivity contribution in [2.24, 2.45) is 11.1 Å². The number of nitrogens with one attached hydrogen (secondary N) is 2. The molecule has 2 saturated heterocycles. The van der Waals surface area contributed by atoms with Crippen molar-refractivity contribution in [3.63, 3.8) is 0 Å². The Kier molecular flexibility index (Phi) is 8.59. The molecule has 2 atom stereocenters. The van der Waals surface area contributed by atoms with E-state index in [0.717, 1.165) is 38.3 Å². The second-order valence-corrected chi connectivity index (χ2v) is 11.3. The number of rotatable bonds is 9. The van der Waals surface area contributed by atoms with Crippen LogP contribution in [0.2, 0.25) is 0 Å². The van der Waals surface area contributed by atoms with Crippen LogP contribution in [-0.2, 0) is 19.1 Å². The Hall–Kier alpha value is -2.85. The minimum absolute atomic E-state index is 0.0579. The number of hydrogen-bond donors (Lipinski definition) is 3. The highest BCUT2D eigenvalue weighted by molar-refractivity contribution is 5.92. The zero-order valence-electron chi connectivity index (χ0n) is 22.2. The topological polar surface area (TPSA) is 126 Å². The molecular formula is C27H41N5O5. The fraction of sp³-hybridized carbons (Fsp3) is 0.667. The van der Waals surface area contributed by atoms with E-state index >= 15 is 0 Å². The van der Waals surface area contributed by atoms with Crippen LogP contribution < -0.4 is 26.0 Å². The molecule has 10 heteroatoms. The molecule has 204 valence electrons. The van der Waals surface area contributed by atoms with E-state index in [2.05, 4.69) is 27.7 Å². The normalized spacial score (nSPS) is 24.8. The van der Waals surface area contributed by atoms with Crippen LogP contribution in [0.3, 0.4) is 0 Å². The second-order valence-electron chi connectivity index (χ2n) is 11.3. The van der Waals surface area contributed by atoms with Crippen LogP contribution >= 0.6 is 0 Å². The first-order chi connectivity index (χ1) is 17.6. The van der Waals surface area contributed by atoms with Crippen LogP contribution in [0.4, 0.5) is 5.69 Å². The third kappa shape index (κ3) is 6.93. The van der Waals surface area contributed by atoms with Crippen LogP contribution in [-0.4, -0.2) is 86.2 Å². The Bertz CT molecular complexity index is 951. The lowest BCUT2D eigenvalue weighted by Crippen LogP contribution is -2.58. The minimum Gasteiger partial charge on any atom is -0.490 e. The van der Waals surface area contributed by atoms with Crippen molar-refractivity contribution in [3.05, 3.63) is 24.3 Å². The molecule has 4 rings (SSSR count). The number of amides is 3. The molecule has 2 aliphatic heterocycles. The molecule has 1 aromatic carbocycles. The average molecular weight is 516 g/mol. The van der Waals surface area contributed by atoms with E-state index in [-0.39, 0.29) is 30.6 Å². The van der Waals surface area contributed by atoms with E-state index in [1.54, 1.807) is 0 Å². The Morgan fingerprint density at radius 3 is 2.38 bits per heavy atom. The molecule has 1 saturated carbocycles. The Labute approximate surface area is 219 Å². The number of nitrogens with two attached hydrogens (primary N) is 1. The van der Waals surface area contributed by atoms with Crippen LogP contribution in [0, 0.1) is 5.41 Å². The first-order valence-electron chi connectivity index (χ1n) is 13.3. The van der Waals surface area contributed by atoms with Gasteiger partial charge in [-0.2, -0.15) is 0 Å². The van der Waals surface area contributed by atoms with Gasteiger partial charge in [0.2, 0.25) is 17.7 Å². The predicted molar refractivity (Wildman–Crippen MR) is 140 cm³/mol. The summed E-state index contributed by atoms with van der Waals surface area (Å²) in [6.07, 6.45) is 2.70. The van der Waals surface area contributed by atoms with Gasteiger partial charge < -0.3 is 35.6 Å². The van der Waals surface area contributed by atoms with Gasteiger partial charge in [-0.05, 0) is 42.5 Å². The summed E-state index contributed by atoms with van der Waals surface area (Å²) in [4.78, 5) is 41.5. The largest absolute Gasteiger partial charge is 0.490 e. The lowest BCUT2D eigenvalue weighted by Gasteiger charge is -2.36. The first kappa shape index (κ1) is 27.2. The quantitative estimate of drug-likeness (QED) is 0.448. The van der Waals surface area contributed by atoms with E-state index in [1.165, 1.54) is 10.6 Å².